The minimum atomic E-state index is -2.43. The number of alkyl halides is 2. The zero-order chi connectivity index (χ0) is 17.5. The van der Waals surface area contributed by atoms with Crippen LogP contribution >= 0.6 is 24.0 Å². The molecule has 24 heavy (non-hydrogen) atoms. The fourth-order valence-electron chi connectivity index (χ4n) is 2.54. The van der Waals surface area contributed by atoms with Gasteiger partial charge < -0.3 is 15.0 Å². The van der Waals surface area contributed by atoms with E-state index in [1.54, 1.807) is 31.2 Å². The monoisotopic (exact) mass is 374 g/mol. The number of esters is 1. The second-order valence-electron chi connectivity index (χ2n) is 5.37. The van der Waals surface area contributed by atoms with Gasteiger partial charge in [-0.15, -0.1) is 0 Å². The van der Waals surface area contributed by atoms with E-state index in [-0.39, 0.29) is 11.9 Å². The first kappa shape index (κ1) is 18.9. The molecule has 1 heterocycles. The molecular weight excluding hydrogens is 354 g/mol. The van der Waals surface area contributed by atoms with Crippen LogP contribution < -0.4 is 5.32 Å². The minimum Gasteiger partial charge on any atom is -0.466 e. The smallest absolute Gasteiger partial charge is 0.310 e. The van der Waals surface area contributed by atoms with Gasteiger partial charge in [-0.05, 0) is 56.2 Å². The van der Waals surface area contributed by atoms with Gasteiger partial charge in [-0.1, -0.05) is 11.8 Å². The Hall–Kier alpha value is -1.41. The third kappa shape index (κ3) is 5.59. The summed E-state index contributed by atoms with van der Waals surface area (Å²) in [5.41, 5.74) is 0.733. The van der Waals surface area contributed by atoms with Crippen LogP contribution in [-0.4, -0.2) is 41.4 Å². The number of nitrogens with zero attached hydrogens (tertiary/aromatic N) is 1. The van der Waals surface area contributed by atoms with Crippen molar-refractivity contribution in [3.8, 4) is 0 Å². The van der Waals surface area contributed by atoms with Crippen LogP contribution in [-0.2, 0) is 9.53 Å². The first-order valence-corrected chi connectivity index (χ1v) is 9.05. The molecule has 2 rings (SSSR count). The molecule has 1 fully saturated rings. The standard InChI is InChI=1S/C16H20F2N2O2S2/c1-2-22-14(21)11-4-3-9-20(10-11)16(23)19-12-5-7-13(8-6-12)24-15(17)18/h5-8,11,15H,2-4,9-10H2,1H3,(H,19,23). The van der Waals surface area contributed by atoms with Gasteiger partial charge in [0.2, 0.25) is 0 Å². The second-order valence-corrected chi connectivity index (χ2v) is 6.82. The van der Waals surface area contributed by atoms with Crippen molar-refractivity contribution >= 4 is 40.7 Å². The number of nitrogens with one attached hydrogen (secondary N) is 1. The van der Waals surface area contributed by atoms with E-state index in [4.69, 9.17) is 17.0 Å². The normalized spacial score (nSPS) is 17.7. The fourth-order valence-corrected chi connectivity index (χ4v) is 3.32. The fraction of sp³-hybridized carbons (Fsp3) is 0.500. The maximum Gasteiger partial charge on any atom is 0.310 e. The molecule has 132 valence electrons. The number of piperidine rings is 1. The highest BCUT2D eigenvalue weighted by atomic mass is 32.2. The molecule has 0 aromatic heterocycles. The molecule has 0 bridgehead atoms. The van der Waals surface area contributed by atoms with Gasteiger partial charge in [0.25, 0.3) is 5.76 Å². The zero-order valence-electron chi connectivity index (χ0n) is 13.3. The van der Waals surface area contributed by atoms with Crippen molar-refractivity contribution in [3.63, 3.8) is 0 Å². The molecule has 8 heteroatoms. The Morgan fingerprint density at radius 1 is 1.46 bits per heavy atom. The van der Waals surface area contributed by atoms with Crippen molar-refractivity contribution in [1.82, 2.24) is 4.90 Å². The van der Waals surface area contributed by atoms with Crippen LogP contribution in [0.25, 0.3) is 0 Å². The Morgan fingerprint density at radius 3 is 2.79 bits per heavy atom. The Morgan fingerprint density at radius 2 is 2.17 bits per heavy atom. The number of benzene rings is 1. The van der Waals surface area contributed by atoms with Gasteiger partial charge in [0.1, 0.15) is 0 Å². The van der Waals surface area contributed by atoms with E-state index in [9.17, 15) is 13.6 Å². The van der Waals surface area contributed by atoms with Crippen molar-refractivity contribution in [2.45, 2.75) is 30.4 Å². The number of halogens is 2. The molecule has 4 nitrogen and oxygen atoms in total. The van der Waals surface area contributed by atoms with Crippen LogP contribution in [0.2, 0.25) is 0 Å². The summed E-state index contributed by atoms with van der Waals surface area (Å²) in [7, 11) is 0. The van der Waals surface area contributed by atoms with E-state index in [1.807, 2.05) is 4.90 Å². The Kier molecular flexibility index (Phi) is 7.23. The molecule has 1 unspecified atom stereocenters. The summed E-state index contributed by atoms with van der Waals surface area (Å²) in [6, 6.07) is 6.67. The molecule has 0 radical (unpaired) electrons. The van der Waals surface area contributed by atoms with Crippen molar-refractivity contribution in [3.05, 3.63) is 24.3 Å². The lowest BCUT2D eigenvalue weighted by atomic mass is 9.98. The summed E-state index contributed by atoms with van der Waals surface area (Å²) >= 11 is 5.91. The van der Waals surface area contributed by atoms with E-state index < -0.39 is 5.76 Å². The molecule has 0 saturated carbocycles. The number of hydrogen-bond donors (Lipinski definition) is 1. The predicted octanol–water partition coefficient (Wildman–Crippen LogP) is 3.97. The van der Waals surface area contributed by atoms with Crippen molar-refractivity contribution in [2.75, 3.05) is 25.0 Å². The quantitative estimate of drug-likeness (QED) is 0.478. The second kappa shape index (κ2) is 9.17. The molecule has 0 aliphatic carbocycles. The van der Waals surface area contributed by atoms with Crippen LogP contribution in [0.15, 0.2) is 29.2 Å². The van der Waals surface area contributed by atoms with Gasteiger partial charge in [0.15, 0.2) is 5.11 Å². The summed E-state index contributed by atoms with van der Waals surface area (Å²) in [4.78, 5) is 14.3. The summed E-state index contributed by atoms with van der Waals surface area (Å²) in [6.45, 7) is 3.48. The minimum absolute atomic E-state index is 0.164. The number of likely N-dealkylation sites (tertiary alicyclic amines) is 1. The molecule has 1 N–H and O–H groups in total. The molecule has 1 aromatic rings. The van der Waals surface area contributed by atoms with Gasteiger partial charge >= 0.3 is 5.97 Å². The van der Waals surface area contributed by atoms with E-state index in [0.717, 1.165) is 25.1 Å². The third-order valence-corrected chi connectivity index (χ3v) is 4.74. The van der Waals surface area contributed by atoms with Crippen molar-refractivity contribution < 1.29 is 18.3 Å². The summed E-state index contributed by atoms with van der Waals surface area (Å²) in [6.07, 6.45) is 1.67. The first-order chi connectivity index (χ1) is 11.5. The van der Waals surface area contributed by atoms with E-state index in [2.05, 4.69) is 5.32 Å². The molecule has 0 amide bonds. The number of carbonyl (C=O) groups is 1. The van der Waals surface area contributed by atoms with Gasteiger partial charge in [-0.2, -0.15) is 8.78 Å². The third-order valence-electron chi connectivity index (χ3n) is 3.66. The van der Waals surface area contributed by atoms with Gasteiger partial charge in [0, 0.05) is 23.7 Å². The molecule has 1 aliphatic rings. The lowest BCUT2D eigenvalue weighted by Crippen LogP contribution is -2.44. The highest BCUT2D eigenvalue weighted by Gasteiger charge is 2.28. The molecular formula is C16H20F2N2O2S2. The highest BCUT2D eigenvalue weighted by Crippen LogP contribution is 2.26. The Balaban J connectivity index is 1.90. The average Bonchev–Trinajstić information content (AvgIpc) is 2.56. The molecule has 1 saturated heterocycles. The van der Waals surface area contributed by atoms with Crippen molar-refractivity contribution in [2.24, 2.45) is 5.92 Å². The van der Waals surface area contributed by atoms with Gasteiger partial charge in [-0.3, -0.25) is 4.79 Å². The lowest BCUT2D eigenvalue weighted by molar-refractivity contribution is -0.149. The topological polar surface area (TPSA) is 41.6 Å². The van der Waals surface area contributed by atoms with E-state index >= 15 is 0 Å². The largest absolute Gasteiger partial charge is 0.466 e. The highest BCUT2D eigenvalue weighted by molar-refractivity contribution is 7.99. The van der Waals surface area contributed by atoms with E-state index in [1.165, 1.54) is 0 Å². The van der Waals surface area contributed by atoms with Crippen LogP contribution in [0.1, 0.15) is 19.8 Å². The number of ether oxygens (including phenoxy) is 1. The maximum absolute atomic E-state index is 12.3. The van der Waals surface area contributed by atoms with Gasteiger partial charge in [-0.25, -0.2) is 0 Å². The number of hydrogen-bond acceptors (Lipinski definition) is 4. The zero-order valence-corrected chi connectivity index (χ0v) is 15.0. The van der Waals surface area contributed by atoms with Gasteiger partial charge in [0.05, 0.1) is 12.5 Å². The number of rotatable bonds is 5. The van der Waals surface area contributed by atoms with Crippen LogP contribution in [0.5, 0.6) is 0 Å². The van der Waals surface area contributed by atoms with Crippen LogP contribution in [0.4, 0.5) is 14.5 Å². The first-order valence-electron chi connectivity index (χ1n) is 7.77. The average molecular weight is 374 g/mol. The Labute approximate surface area is 149 Å². The molecule has 0 spiro atoms. The number of anilines is 1. The predicted molar refractivity (Wildman–Crippen MR) is 95.5 cm³/mol. The number of carbonyl (C=O) groups excluding carboxylic acids is 1. The number of thioether (sulfide) groups is 1. The lowest BCUT2D eigenvalue weighted by Gasteiger charge is -2.33. The number of thiocarbonyl (C=S) groups is 1. The summed E-state index contributed by atoms with van der Waals surface area (Å²) in [5, 5.41) is 3.62. The van der Waals surface area contributed by atoms with Crippen LogP contribution in [0.3, 0.4) is 0 Å². The molecule has 1 aromatic carbocycles. The summed E-state index contributed by atoms with van der Waals surface area (Å²) in [5.74, 6) is -2.78. The SMILES string of the molecule is CCOC(=O)C1CCCN(C(=S)Nc2ccc(SC(F)F)cc2)C1. The molecule has 1 atom stereocenters. The maximum atomic E-state index is 12.3. The Bertz CT molecular complexity index is 570. The van der Waals surface area contributed by atoms with Crippen molar-refractivity contribution in [1.29, 1.82) is 0 Å². The van der Waals surface area contributed by atoms with E-state index in [0.29, 0.717) is 34.9 Å². The van der Waals surface area contributed by atoms with Crippen LogP contribution in [0, 0.1) is 5.92 Å². The molecule has 1 aliphatic heterocycles. The summed E-state index contributed by atoms with van der Waals surface area (Å²) < 4.78 is 29.7.